The van der Waals surface area contributed by atoms with E-state index in [1.54, 1.807) is 11.3 Å². The molecule has 0 N–H and O–H groups in total. The fraction of sp³-hybridized carbons (Fsp3) is 0.167. The van der Waals surface area contributed by atoms with E-state index in [1.807, 2.05) is 36.1 Å². The largest absolute Gasteiger partial charge is 0.472 e. The summed E-state index contributed by atoms with van der Waals surface area (Å²) in [6, 6.07) is 7.73. The fourth-order valence-electron chi connectivity index (χ4n) is 1.68. The summed E-state index contributed by atoms with van der Waals surface area (Å²) in [4.78, 5) is 6.56. The molecule has 3 heterocycles. The minimum absolute atomic E-state index is 0.531. The van der Waals surface area contributed by atoms with Crippen LogP contribution >= 0.6 is 27.3 Å². The Bertz CT molecular complexity index is 692. The van der Waals surface area contributed by atoms with E-state index in [9.17, 15) is 0 Å². The quantitative estimate of drug-likeness (QED) is 0.694. The number of hydrogen-bond acceptors (Lipinski definition) is 4. The lowest BCUT2D eigenvalue weighted by atomic mass is 10.4. The lowest BCUT2D eigenvalue weighted by Gasteiger charge is -2.03. The first-order valence-electron chi connectivity index (χ1n) is 5.38. The van der Waals surface area contributed by atoms with Crippen LogP contribution in [0, 0.1) is 0 Å². The van der Waals surface area contributed by atoms with Crippen molar-refractivity contribution >= 4 is 37.5 Å². The van der Waals surface area contributed by atoms with Crippen molar-refractivity contribution in [3.63, 3.8) is 0 Å². The van der Waals surface area contributed by atoms with Crippen LogP contribution in [0.25, 0.3) is 10.2 Å². The van der Waals surface area contributed by atoms with Gasteiger partial charge in [0.2, 0.25) is 5.88 Å². The van der Waals surface area contributed by atoms with Crippen molar-refractivity contribution in [2.45, 2.75) is 6.61 Å². The molecule has 0 unspecified atom stereocenters. The molecule has 0 aliphatic rings. The lowest BCUT2D eigenvalue weighted by molar-refractivity contribution is 0.297. The standard InChI is InChI=1S/C12H10BrN3OS/c1-16-12-8(6-14-16)5-9(18-12)7-17-11-4-2-3-10(13)15-11/h2-6H,7H2,1H3. The third kappa shape index (κ3) is 2.26. The Balaban J connectivity index is 1.76. The molecule has 0 amide bonds. The zero-order chi connectivity index (χ0) is 12.5. The number of thiophene rings is 1. The van der Waals surface area contributed by atoms with Crippen LogP contribution in [0.4, 0.5) is 0 Å². The minimum Gasteiger partial charge on any atom is -0.472 e. The van der Waals surface area contributed by atoms with Crippen molar-refractivity contribution < 1.29 is 4.74 Å². The summed E-state index contributed by atoms with van der Waals surface area (Å²) in [5.74, 6) is 0.625. The highest BCUT2D eigenvalue weighted by atomic mass is 79.9. The maximum Gasteiger partial charge on any atom is 0.214 e. The molecule has 6 heteroatoms. The number of hydrogen-bond donors (Lipinski definition) is 0. The Morgan fingerprint density at radius 1 is 1.44 bits per heavy atom. The van der Waals surface area contributed by atoms with Crippen LogP contribution in [0.15, 0.2) is 35.1 Å². The summed E-state index contributed by atoms with van der Waals surface area (Å²) in [5.41, 5.74) is 0. The summed E-state index contributed by atoms with van der Waals surface area (Å²) in [5, 5.41) is 5.35. The van der Waals surface area contributed by atoms with Crippen LogP contribution in [-0.4, -0.2) is 14.8 Å². The monoisotopic (exact) mass is 323 g/mol. The Labute approximate surface area is 116 Å². The van der Waals surface area contributed by atoms with Crippen LogP contribution in [0.2, 0.25) is 0 Å². The van der Waals surface area contributed by atoms with E-state index in [1.165, 1.54) is 4.88 Å². The number of fused-ring (bicyclic) bond motifs is 1. The molecule has 0 bridgehead atoms. The highest BCUT2D eigenvalue weighted by molar-refractivity contribution is 9.10. The Morgan fingerprint density at radius 3 is 3.11 bits per heavy atom. The number of ether oxygens (including phenoxy) is 1. The van der Waals surface area contributed by atoms with Gasteiger partial charge in [-0.2, -0.15) is 5.10 Å². The molecule has 0 fully saturated rings. The van der Waals surface area contributed by atoms with Crippen molar-refractivity contribution in [2.24, 2.45) is 7.05 Å². The molecule has 0 atom stereocenters. The second-order valence-electron chi connectivity index (χ2n) is 3.83. The van der Waals surface area contributed by atoms with E-state index in [0.717, 1.165) is 14.8 Å². The van der Waals surface area contributed by atoms with Gasteiger partial charge in [-0.25, -0.2) is 4.98 Å². The second kappa shape index (κ2) is 4.70. The number of rotatable bonds is 3. The van der Waals surface area contributed by atoms with Gasteiger partial charge >= 0.3 is 0 Å². The molecule has 0 aliphatic carbocycles. The van der Waals surface area contributed by atoms with Gasteiger partial charge in [-0.15, -0.1) is 11.3 Å². The van der Waals surface area contributed by atoms with Gasteiger partial charge in [0.05, 0.1) is 6.20 Å². The Kier molecular flexibility index (Phi) is 3.05. The zero-order valence-corrected chi connectivity index (χ0v) is 12.0. The number of pyridine rings is 1. The van der Waals surface area contributed by atoms with Crippen molar-refractivity contribution in [3.05, 3.63) is 39.9 Å². The van der Waals surface area contributed by atoms with Gasteiger partial charge in [0.25, 0.3) is 0 Å². The first kappa shape index (κ1) is 11.7. The van der Waals surface area contributed by atoms with Gasteiger partial charge in [-0.05, 0) is 28.1 Å². The van der Waals surface area contributed by atoms with Gasteiger partial charge in [0, 0.05) is 23.4 Å². The summed E-state index contributed by atoms with van der Waals surface area (Å²) in [6.07, 6.45) is 1.87. The highest BCUT2D eigenvalue weighted by Crippen LogP contribution is 2.25. The topological polar surface area (TPSA) is 39.9 Å². The zero-order valence-electron chi connectivity index (χ0n) is 9.63. The first-order chi connectivity index (χ1) is 8.72. The van der Waals surface area contributed by atoms with Crippen molar-refractivity contribution in [1.29, 1.82) is 0 Å². The predicted octanol–water partition coefficient (Wildman–Crippen LogP) is 3.37. The van der Waals surface area contributed by atoms with E-state index in [0.29, 0.717) is 12.5 Å². The molecule has 0 radical (unpaired) electrons. The first-order valence-corrected chi connectivity index (χ1v) is 6.99. The van der Waals surface area contributed by atoms with Crippen LogP contribution in [-0.2, 0) is 13.7 Å². The molecule has 4 nitrogen and oxygen atoms in total. The van der Waals surface area contributed by atoms with Crippen LogP contribution in [0.3, 0.4) is 0 Å². The van der Waals surface area contributed by atoms with Gasteiger partial charge in [0.15, 0.2) is 0 Å². The average molecular weight is 324 g/mol. The number of halogens is 1. The maximum absolute atomic E-state index is 5.65. The lowest BCUT2D eigenvalue weighted by Crippen LogP contribution is -1.95. The molecular formula is C12H10BrN3OS. The molecule has 92 valence electrons. The third-order valence-electron chi connectivity index (χ3n) is 2.51. The minimum atomic E-state index is 0.531. The molecule has 0 aliphatic heterocycles. The van der Waals surface area contributed by atoms with Crippen molar-refractivity contribution in [3.8, 4) is 5.88 Å². The number of aromatic nitrogens is 3. The molecule has 18 heavy (non-hydrogen) atoms. The number of aryl methyl sites for hydroxylation is 1. The van der Waals surface area contributed by atoms with Crippen LogP contribution in [0.5, 0.6) is 5.88 Å². The van der Waals surface area contributed by atoms with E-state index >= 15 is 0 Å². The van der Waals surface area contributed by atoms with E-state index in [4.69, 9.17) is 4.74 Å². The maximum atomic E-state index is 5.65. The van der Waals surface area contributed by atoms with Gasteiger partial charge < -0.3 is 4.74 Å². The van der Waals surface area contributed by atoms with E-state index < -0.39 is 0 Å². The molecule has 3 rings (SSSR count). The van der Waals surface area contributed by atoms with E-state index in [2.05, 4.69) is 32.1 Å². The van der Waals surface area contributed by atoms with Crippen LogP contribution < -0.4 is 4.74 Å². The van der Waals surface area contributed by atoms with E-state index in [-0.39, 0.29) is 0 Å². The van der Waals surface area contributed by atoms with Crippen molar-refractivity contribution in [2.75, 3.05) is 0 Å². The normalized spacial score (nSPS) is 11.0. The van der Waals surface area contributed by atoms with Crippen molar-refractivity contribution in [1.82, 2.24) is 14.8 Å². The van der Waals surface area contributed by atoms with Gasteiger partial charge in [-0.3, -0.25) is 4.68 Å². The molecule has 0 saturated carbocycles. The predicted molar refractivity (Wildman–Crippen MR) is 74.9 cm³/mol. The van der Waals surface area contributed by atoms with Gasteiger partial charge in [-0.1, -0.05) is 6.07 Å². The molecule has 0 aromatic carbocycles. The molecule has 3 aromatic heterocycles. The summed E-state index contributed by atoms with van der Waals surface area (Å²) < 4.78 is 8.31. The molecule has 3 aromatic rings. The van der Waals surface area contributed by atoms with Crippen LogP contribution in [0.1, 0.15) is 4.88 Å². The second-order valence-corrected chi connectivity index (χ2v) is 5.76. The highest BCUT2D eigenvalue weighted by Gasteiger charge is 2.06. The molecule has 0 spiro atoms. The van der Waals surface area contributed by atoms with Gasteiger partial charge in [0.1, 0.15) is 16.0 Å². The fourth-order valence-corrected chi connectivity index (χ4v) is 2.97. The number of nitrogens with zero attached hydrogens (tertiary/aromatic N) is 3. The third-order valence-corrected chi connectivity index (χ3v) is 4.14. The summed E-state index contributed by atoms with van der Waals surface area (Å²) in [7, 11) is 1.94. The SMILES string of the molecule is Cn1ncc2cc(COc3cccc(Br)n3)sc21. The summed E-state index contributed by atoms with van der Waals surface area (Å²) >= 11 is 5.01. The Morgan fingerprint density at radius 2 is 2.33 bits per heavy atom. The smallest absolute Gasteiger partial charge is 0.214 e. The summed E-state index contributed by atoms with van der Waals surface area (Å²) in [6.45, 7) is 0.531. The molecular weight excluding hydrogens is 314 g/mol. The average Bonchev–Trinajstić information content (AvgIpc) is 2.90. The molecule has 0 saturated heterocycles. The Hall–Kier alpha value is -1.40.